The second-order valence-electron chi connectivity index (χ2n) is 7.73. The molecule has 1 aliphatic rings. The van der Waals surface area contributed by atoms with Crippen molar-refractivity contribution < 1.29 is 24.5 Å². The first-order valence-electron chi connectivity index (χ1n) is 10.1. The maximum Gasteiger partial charge on any atom is 0.295 e. The van der Waals surface area contributed by atoms with E-state index >= 15 is 0 Å². The summed E-state index contributed by atoms with van der Waals surface area (Å²) in [4.78, 5) is 27.2. The summed E-state index contributed by atoms with van der Waals surface area (Å²) in [5.41, 5.74) is 2.07. The van der Waals surface area contributed by atoms with Crippen LogP contribution >= 0.6 is 0 Å². The molecule has 0 radical (unpaired) electrons. The molecule has 1 aliphatic heterocycles. The SMILES string of the molecule is Cc1ccc(/C(O)=C2/C(=O)C(=O)N(CCCOC(C)C)C2c2cccc(O)c2)cc1. The molecule has 2 N–H and O–H groups in total. The lowest BCUT2D eigenvalue weighted by molar-refractivity contribution is -0.140. The van der Waals surface area contributed by atoms with E-state index in [1.807, 2.05) is 32.9 Å². The van der Waals surface area contributed by atoms with Crippen LogP contribution in [-0.4, -0.2) is 46.1 Å². The van der Waals surface area contributed by atoms with Crippen molar-refractivity contribution in [3.05, 3.63) is 70.8 Å². The highest BCUT2D eigenvalue weighted by Gasteiger charge is 2.45. The third-order valence-corrected chi connectivity index (χ3v) is 5.05. The number of carbonyl (C=O) groups excluding carboxylic acids is 2. The Morgan fingerprint density at radius 1 is 1.13 bits per heavy atom. The van der Waals surface area contributed by atoms with Gasteiger partial charge in [0.2, 0.25) is 0 Å². The molecule has 0 spiro atoms. The first-order valence-corrected chi connectivity index (χ1v) is 10.1. The van der Waals surface area contributed by atoms with Gasteiger partial charge in [-0.25, -0.2) is 0 Å². The summed E-state index contributed by atoms with van der Waals surface area (Å²) in [5, 5.41) is 20.9. The molecule has 6 heteroatoms. The number of likely N-dealkylation sites (tertiary alicyclic amines) is 1. The number of aliphatic hydroxyl groups excluding tert-OH is 1. The maximum atomic E-state index is 12.9. The molecule has 0 bridgehead atoms. The topological polar surface area (TPSA) is 87.1 Å². The zero-order valence-corrected chi connectivity index (χ0v) is 17.5. The van der Waals surface area contributed by atoms with Gasteiger partial charge in [0.15, 0.2) is 0 Å². The molecule has 1 atom stereocenters. The number of benzene rings is 2. The van der Waals surface area contributed by atoms with Gasteiger partial charge in [0, 0.05) is 18.7 Å². The molecule has 6 nitrogen and oxygen atoms in total. The van der Waals surface area contributed by atoms with Gasteiger partial charge in [0.05, 0.1) is 17.7 Å². The molecule has 1 amide bonds. The van der Waals surface area contributed by atoms with Crippen LogP contribution in [0.1, 0.15) is 43.0 Å². The molecule has 2 aromatic carbocycles. The fourth-order valence-corrected chi connectivity index (χ4v) is 3.57. The van der Waals surface area contributed by atoms with Crippen molar-refractivity contribution in [2.24, 2.45) is 0 Å². The number of hydrogen-bond acceptors (Lipinski definition) is 5. The summed E-state index contributed by atoms with van der Waals surface area (Å²) >= 11 is 0. The number of ketones is 1. The van der Waals surface area contributed by atoms with Crippen LogP contribution < -0.4 is 0 Å². The Kier molecular flexibility index (Phi) is 6.57. The van der Waals surface area contributed by atoms with Crippen molar-refractivity contribution in [2.45, 2.75) is 39.3 Å². The third kappa shape index (κ3) is 4.54. The Morgan fingerprint density at radius 3 is 2.47 bits per heavy atom. The number of amides is 1. The van der Waals surface area contributed by atoms with E-state index in [2.05, 4.69) is 0 Å². The largest absolute Gasteiger partial charge is 0.508 e. The minimum absolute atomic E-state index is 0.0246. The quantitative estimate of drug-likeness (QED) is 0.313. The van der Waals surface area contributed by atoms with Gasteiger partial charge >= 0.3 is 0 Å². The van der Waals surface area contributed by atoms with Gasteiger partial charge < -0.3 is 19.8 Å². The Balaban J connectivity index is 2.03. The predicted octanol–water partition coefficient (Wildman–Crippen LogP) is 3.94. The standard InChI is InChI=1S/C24H27NO5/c1-15(2)30-13-5-12-25-21(18-6-4-7-19(26)14-18)20(23(28)24(25)29)22(27)17-10-8-16(3)9-11-17/h4,6-11,14-15,21,26-27H,5,12-13H2,1-3H3/b22-20-. The van der Waals surface area contributed by atoms with Crippen LogP contribution in [0, 0.1) is 6.92 Å². The van der Waals surface area contributed by atoms with E-state index in [9.17, 15) is 19.8 Å². The number of rotatable bonds is 7. The van der Waals surface area contributed by atoms with E-state index in [-0.39, 0.29) is 23.2 Å². The van der Waals surface area contributed by atoms with Gasteiger partial charge in [0.1, 0.15) is 11.5 Å². The fraction of sp³-hybridized carbons (Fsp3) is 0.333. The summed E-state index contributed by atoms with van der Waals surface area (Å²) < 4.78 is 5.55. The van der Waals surface area contributed by atoms with Crippen LogP contribution in [0.3, 0.4) is 0 Å². The number of ether oxygens (including phenoxy) is 1. The van der Waals surface area contributed by atoms with Crippen LogP contribution in [0.4, 0.5) is 0 Å². The van der Waals surface area contributed by atoms with Gasteiger partial charge in [0.25, 0.3) is 11.7 Å². The van der Waals surface area contributed by atoms with Gasteiger partial charge in [-0.2, -0.15) is 0 Å². The van der Waals surface area contributed by atoms with Gasteiger partial charge in [-0.15, -0.1) is 0 Å². The van der Waals surface area contributed by atoms with Crippen LogP contribution in [0.5, 0.6) is 5.75 Å². The number of phenols is 1. The van der Waals surface area contributed by atoms with Crippen LogP contribution in [0.2, 0.25) is 0 Å². The monoisotopic (exact) mass is 409 g/mol. The molecule has 0 aromatic heterocycles. The minimum atomic E-state index is -0.780. The molecule has 1 saturated heterocycles. The van der Waals surface area contributed by atoms with Crippen molar-refractivity contribution in [1.29, 1.82) is 0 Å². The van der Waals surface area contributed by atoms with E-state index in [0.717, 1.165) is 5.56 Å². The summed E-state index contributed by atoms with van der Waals surface area (Å²) in [7, 11) is 0. The van der Waals surface area contributed by atoms with E-state index < -0.39 is 17.7 Å². The number of Topliss-reactive ketones (excluding diaryl/α,β-unsaturated/α-hetero) is 1. The number of hydrogen-bond donors (Lipinski definition) is 2. The summed E-state index contributed by atoms with van der Waals surface area (Å²) in [6, 6.07) is 12.7. The molecule has 1 fully saturated rings. The highest BCUT2D eigenvalue weighted by atomic mass is 16.5. The second kappa shape index (κ2) is 9.13. The molecule has 3 rings (SSSR count). The molecular formula is C24H27NO5. The number of nitrogens with zero attached hydrogens (tertiary/aromatic N) is 1. The van der Waals surface area contributed by atoms with E-state index in [4.69, 9.17) is 4.74 Å². The average molecular weight is 409 g/mol. The van der Waals surface area contributed by atoms with Crippen LogP contribution in [0.25, 0.3) is 5.76 Å². The summed E-state index contributed by atoms with van der Waals surface area (Å²) in [6.45, 7) is 6.53. The number of aliphatic hydroxyl groups is 1. The van der Waals surface area contributed by atoms with Crippen LogP contribution in [-0.2, 0) is 14.3 Å². The lowest BCUT2D eigenvalue weighted by Gasteiger charge is -2.25. The van der Waals surface area contributed by atoms with E-state index in [1.54, 1.807) is 24.3 Å². The zero-order chi connectivity index (χ0) is 21.8. The van der Waals surface area contributed by atoms with E-state index in [0.29, 0.717) is 30.7 Å². The molecule has 0 aliphatic carbocycles. The Hall–Kier alpha value is -3.12. The molecule has 158 valence electrons. The number of aromatic hydroxyl groups is 1. The first kappa shape index (κ1) is 21.6. The maximum absolute atomic E-state index is 12.9. The van der Waals surface area contributed by atoms with Crippen molar-refractivity contribution in [1.82, 2.24) is 4.90 Å². The highest BCUT2D eigenvalue weighted by molar-refractivity contribution is 6.46. The Morgan fingerprint density at radius 2 is 1.83 bits per heavy atom. The lowest BCUT2D eigenvalue weighted by atomic mass is 9.95. The highest BCUT2D eigenvalue weighted by Crippen LogP contribution is 2.40. The van der Waals surface area contributed by atoms with E-state index in [1.165, 1.54) is 17.0 Å². The van der Waals surface area contributed by atoms with Gasteiger partial charge in [-0.3, -0.25) is 9.59 Å². The molecule has 30 heavy (non-hydrogen) atoms. The molecule has 2 aromatic rings. The number of aryl methyl sites for hydroxylation is 1. The molecule has 0 saturated carbocycles. The first-order chi connectivity index (χ1) is 14.3. The normalized spacial score (nSPS) is 18.4. The predicted molar refractivity (Wildman–Crippen MR) is 114 cm³/mol. The summed E-state index contributed by atoms with van der Waals surface area (Å²) in [6.07, 6.45) is 0.620. The van der Waals surface area contributed by atoms with Crippen molar-refractivity contribution in [3.8, 4) is 5.75 Å². The molecule has 1 unspecified atom stereocenters. The number of carbonyl (C=O) groups is 2. The Labute approximate surface area is 176 Å². The smallest absolute Gasteiger partial charge is 0.295 e. The number of phenolic OH excluding ortho intramolecular Hbond substituents is 1. The van der Waals surface area contributed by atoms with Crippen molar-refractivity contribution in [3.63, 3.8) is 0 Å². The summed E-state index contributed by atoms with van der Waals surface area (Å²) in [5.74, 6) is -1.59. The fourth-order valence-electron chi connectivity index (χ4n) is 3.57. The lowest BCUT2D eigenvalue weighted by Crippen LogP contribution is -2.31. The zero-order valence-electron chi connectivity index (χ0n) is 17.5. The van der Waals surface area contributed by atoms with Crippen molar-refractivity contribution in [2.75, 3.05) is 13.2 Å². The average Bonchev–Trinajstić information content (AvgIpc) is 2.96. The molecule has 1 heterocycles. The Bertz CT molecular complexity index is 962. The van der Waals surface area contributed by atoms with Crippen molar-refractivity contribution >= 4 is 17.4 Å². The minimum Gasteiger partial charge on any atom is -0.508 e. The molecular weight excluding hydrogens is 382 g/mol. The van der Waals surface area contributed by atoms with Gasteiger partial charge in [-0.05, 0) is 44.9 Å². The second-order valence-corrected chi connectivity index (χ2v) is 7.73. The third-order valence-electron chi connectivity index (χ3n) is 5.05. The van der Waals surface area contributed by atoms with Gasteiger partial charge in [-0.1, -0.05) is 42.0 Å². The van der Waals surface area contributed by atoms with Crippen LogP contribution in [0.15, 0.2) is 54.1 Å².